The third kappa shape index (κ3) is 8.43. The number of sulfonamides is 1. The molecule has 0 atom stereocenters. The van der Waals surface area contributed by atoms with Crippen LogP contribution < -0.4 is 4.72 Å². The monoisotopic (exact) mass is 225 g/mol. The molecule has 0 aromatic rings. The summed E-state index contributed by atoms with van der Waals surface area (Å²) in [4.78, 5) is 0. The summed E-state index contributed by atoms with van der Waals surface area (Å²) in [6, 6.07) is 0. The van der Waals surface area contributed by atoms with Crippen molar-refractivity contribution in [3.05, 3.63) is 0 Å². The second-order valence-corrected chi connectivity index (χ2v) is 4.83. The number of unbranched alkanes of at least 4 members (excludes halogenated alkanes) is 1. The van der Waals surface area contributed by atoms with Gasteiger partial charge in [-0.05, 0) is 12.8 Å². The SMILES string of the molecule is COCCCCNS(=O)(=O)CCOC. The fraction of sp³-hybridized carbons (Fsp3) is 1.00. The van der Waals surface area contributed by atoms with Crippen LogP contribution in [0, 0.1) is 0 Å². The minimum Gasteiger partial charge on any atom is -0.385 e. The highest BCUT2D eigenvalue weighted by Crippen LogP contribution is 1.90. The number of rotatable bonds is 9. The Labute approximate surface area is 85.8 Å². The van der Waals surface area contributed by atoms with Crippen molar-refractivity contribution in [3.63, 3.8) is 0 Å². The van der Waals surface area contributed by atoms with E-state index in [2.05, 4.69) is 9.46 Å². The lowest BCUT2D eigenvalue weighted by Gasteiger charge is -2.05. The smallest absolute Gasteiger partial charge is 0.213 e. The molecule has 0 aliphatic rings. The second kappa shape index (κ2) is 8.16. The van der Waals surface area contributed by atoms with E-state index >= 15 is 0 Å². The first-order valence-electron chi connectivity index (χ1n) is 4.57. The van der Waals surface area contributed by atoms with E-state index in [-0.39, 0.29) is 12.4 Å². The van der Waals surface area contributed by atoms with Crippen molar-refractivity contribution in [1.29, 1.82) is 0 Å². The lowest BCUT2D eigenvalue weighted by molar-refractivity contribution is 0.193. The summed E-state index contributed by atoms with van der Waals surface area (Å²) in [6.45, 7) is 1.36. The molecule has 5 nitrogen and oxygen atoms in total. The van der Waals surface area contributed by atoms with Crippen molar-refractivity contribution in [2.45, 2.75) is 12.8 Å². The zero-order valence-corrected chi connectivity index (χ0v) is 9.60. The summed E-state index contributed by atoms with van der Waals surface area (Å²) >= 11 is 0. The molecule has 0 amide bonds. The molecule has 0 fully saturated rings. The summed E-state index contributed by atoms with van der Waals surface area (Å²) in [7, 11) is -0.0387. The largest absolute Gasteiger partial charge is 0.385 e. The second-order valence-electron chi connectivity index (χ2n) is 2.91. The average molecular weight is 225 g/mol. The maximum Gasteiger partial charge on any atom is 0.213 e. The van der Waals surface area contributed by atoms with Crippen LogP contribution in [0.25, 0.3) is 0 Å². The van der Waals surface area contributed by atoms with Crippen LogP contribution >= 0.6 is 0 Å². The first kappa shape index (κ1) is 13.8. The lowest BCUT2D eigenvalue weighted by Crippen LogP contribution is -2.29. The molecule has 0 aromatic carbocycles. The van der Waals surface area contributed by atoms with Gasteiger partial charge in [-0.15, -0.1) is 0 Å². The topological polar surface area (TPSA) is 64.6 Å². The fourth-order valence-corrected chi connectivity index (χ4v) is 1.85. The van der Waals surface area contributed by atoms with Crippen LogP contribution in [0.4, 0.5) is 0 Å². The van der Waals surface area contributed by atoms with E-state index in [9.17, 15) is 8.42 Å². The zero-order valence-electron chi connectivity index (χ0n) is 8.78. The summed E-state index contributed by atoms with van der Waals surface area (Å²) in [5.41, 5.74) is 0. The zero-order chi connectivity index (χ0) is 10.9. The van der Waals surface area contributed by atoms with Gasteiger partial charge in [0.1, 0.15) is 0 Å². The van der Waals surface area contributed by atoms with Crippen molar-refractivity contribution in [3.8, 4) is 0 Å². The Hall–Kier alpha value is -0.170. The van der Waals surface area contributed by atoms with Gasteiger partial charge in [0.25, 0.3) is 0 Å². The molecule has 6 heteroatoms. The third-order valence-electron chi connectivity index (χ3n) is 1.65. The molecule has 0 saturated carbocycles. The van der Waals surface area contributed by atoms with E-state index in [1.54, 1.807) is 7.11 Å². The Bertz CT molecular complexity index is 215. The predicted octanol–water partition coefficient (Wildman–Crippen LogP) is -0.0212. The Morgan fingerprint density at radius 3 is 2.29 bits per heavy atom. The quantitative estimate of drug-likeness (QED) is 0.560. The van der Waals surface area contributed by atoms with E-state index in [1.807, 2.05) is 0 Å². The summed E-state index contributed by atoms with van der Waals surface area (Å²) in [5, 5.41) is 0. The maximum absolute atomic E-state index is 11.2. The predicted molar refractivity (Wildman–Crippen MR) is 54.8 cm³/mol. The summed E-state index contributed by atoms with van der Waals surface area (Å²) in [6.07, 6.45) is 1.66. The van der Waals surface area contributed by atoms with E-state index in [0.717, 1.165) is 12.8 Å². The van der Waals surface area contributed by atoms with E-state index in [4.69, 9.17) is 4.74 Å². The molecule has 0 aliphatic heterocycles. The molecule has 0 saturated heterocycles. The summed E-state index contributed by atoms with van der Waals surface area (Å²) < 4.78 is 34.4. The van der Waals surface area contributed by atoms with Gasteiger partial charge in [0.2, 0.25) is 10.0 Å². The van der Waals surface area contributed by atoms with Gasteiger partial charge in [-0.1, -0.05) is 0 Å². The molecule has 0 rings (SSSR count). The number of hydrogen-bond donors (Lipinski definition) is 1. The Morgan fingerprint density at radius 2 is 1.71 bits per heavy atom. The molecule has 0 aliphatic carbocycles. The van der Waals surface area contributed by atoms with Gasteiger partial charge < -0.3 is 9.47 Å². The van der Waals surface area contributed by atoms with Crippen LogP contribution in [0.3, 0.4) is 0 Å². The number of ether oxygens (including phenoxy) is 2. The molecule has 0 spiro atoms. The molecular formula is C8H19NO4S. The highest BCUT2D eigenvalue weighted by atomic mass is 32.2. The van der Waals surface area contributed by atoms with Crippen LogP contribution in [-0.2, 0) is 19.5 Å². The third-order valence-corrected chi connectivity index (χ3v) is 3.00. The minimum atomic E-state index is -3.15. The van der Waals surface area contributed by atoms with Crippen molar-refractivity contribution < 1.29 is 17.9 Å². The van der Waals surface area contributed by atoms with E-state index < -0.39 is 10.0 Å². The minimum absolute atomic E-state index is 0.0216. The first-order chi connectivity index (χ1) is 6.62. The highest BCUT2D eigenvalue weighted by molar-refractivity contribution is 7.89. The Morgan fingerprint density at radius 1 is 1.07 bits per heavy atom. The van der Waals surface area contributed by atoms with Crippen LogP contribution in [0.15, 0.2) is 0 Å². The van der Waals surface area contributed by atoms with Crippen LogP contribution in [0.2, 0.25) is 0 Å². The normalized spacial score (nSPS) is 11.9. The fourth-order valence-electron chi connectivity index (χ4n) is 0.864. The van der Waals surface area contributed by atoms with Crippen LogP contribution in [0.1, 0.15) is 12.8 Å². The van der Waals surface area contributed by atoms with Gasteiger partial charge in [-0.25, -0.2) is 13.1 Å². The first-order valence-corrected chi connectivity index (χ1v) is 6.23. The van der Waals surface area contributed by atoms with Crippen molar-refractivity contribution in [2.75, 3.05) is 39.7 Å². The average Bonchev–Trinajstić information content (AvgIpc) is 2.15. The Balaban J connectivity index is 3.46. The van der Waals surface area contributed by atoms with Crippen LogP contribution in [-0.4, -0.2) is 48.1 Å². The van der Waals surface area contributed by atoms with Gasteiger partial charge in [0.15, 0.2) is 0 Å². The molecule has 0 aromatic heterocycles. The van der Waals surface area contributed by atoms with Gasteiger partial charge in [0, 0.05) is 27.4 Å². The molecular weight excluding hydrogens is 206 g/mol. The van der Waals surface area contributed by atoms with Gasteiger partial charge in [0.05, 0.1) is 12.4 Å². The summed E-state index contributed by atoms with van der Waals surface area (Å²) in [5.74, 6) is 0.0216. The number of nitrogens with one attached hydrogen (secondary N) is 1. The number of methoxy groups -OCH3 is 2. The van der Waals surface area contributed by atoms with Crippen molar-refractivity contribution in [2.24, 2.45) is 0 Å². The van der Waals surface area contributed by atoms with E-state index in [1.165, 1.54) is 7.11 Å². The molecule has 0 unspecified atom stereocenters. The molecule has 0 radical (unpaired) electrons. The van der Waals surface area contributed by atoms with Gasteiger partial charge in [-0.3, -0.25) is 0 Å². The lowest BCUT2D eigenvalue weighted by atomic mass is 10.3. The van der Waals surface area contributed by atoms with Crippen molar-refractivity contribution >= 4 is 10.0 Å². The Kier molecular flexibility index (Phi) is 8.07. The molecule has 0 heterocycles. The van der Waals surface area contributed by atoms with Gasteiger partial charge in [-0.2, -0.15) is 0 Å². The number of hydrogen-bond acceptors (Lipinski definition) is 4. The molecule has 14 heavy (non-hydrogen) atoms. The van der Waals surface area contributed by atoms with E-state index in [0.29, 0.717) is 13.2 Å². The van der Waals surface area contributed by atoms with Crippen LogP contribution in [0.5, 0.6) is 0 Å². The molecule has 0 bridgehead atoms. The van der Waals surface area contributed by atoms with Crippen molar-refractivity contribution in [1.82, 2.24) is 4.72 Å². The maximum atomic E-state index is 11.2. The standard InChI is InChI=1S/C8H19NO4S/c1-12-6-4-3-5-9-14(10,11)8-7-13-2/h9H,3-8H2,1-2H3. The molecule has 86 valence electrons. The highest BCUT2D eigenvalue weighted by Gasteiger charge is 2.07. The van der Waals surface area contributed by atoms with Gasteiger partial charge >= 0.3 is 0 Å². The molecule has 1 N–H and O–H groups in total.